The van der Waals surface area contributed by atoms with Crippen LogP contribution in [0.15, 0.2) is 18.2 Å². The molecule has 7 nitrogen and oxygen atoms in total. The monoisotopic (exact) mass is 320 g/mol. The highest BCUT2D eigenvalue weighted by molar-refractivity contribution is 5.68. The summed E-state index contributed by atoms with van der Waals surface area (Å²) in [6.07, 6.45) is -4.54. The van der Waals surface area contributed by atoms with E-state index in [4.69, 9.17) is 4.74 Å². The second kappa shape index (κ2) is 6.08. The second-order valence-electron chi connectivity index (χ2n) is 4.48. The first kappa shape index (κ1) is 15.9. The van der Waals surface area contributed by atoms with Crippen LogP contribution in [0.3, 0.4) is 0 Å². The van der Waals surface area contributed by atoms with Gasteiger partial charge in [-0.25, -0.2) is 4.79 Å². The molecule has 0 atom stereocenters. The molecule has 0 N–H and O–H groups in total. The van der Waals surface area contributed by atoms with E-state index in [0.29, 0.717) is 25.2 Å². The van der Waals surface area contributed by atoms with E-state index in [1.54, 1.807) is 0 Å². The number of nitro benzene ring substituents is 1. The van der Waals surface area contributed by atoms with Gasteiger partial charge in [0.2, 0.25) is 6.79 Å². The minimum absolute atomic E-state index is 0.402. The zero-order valence-corrected chi connectivity index (χ0v) is 11.1. The van der Waals surface area contributed by atoms with E-state index in [1.165, 1.54) is 4.90 Å². The maximum Gasteiger partial charge on any atom is 0.416 e. The molecule has 1 aromatic rings. The maximum atomic E-state index is 12.7. The number of benzene rings is 1. The summed E-state index contributed by atoms with van der Waals surface area (Å²) in [7, 11) is 0. The number of non-ortho nitro benzene ring substituents is 1. The molecule has 1 aliphatic rings. The van der Waals surface area contributed by atoms with Gasteiger partial charge >= 0.3 is 12.3 Å². The molecule has 0 aromatic heterocycles. The van der Waals surface area contributed by atoms with Gasteiger partial charge in [-0.3, -0.25) is 10.1 Å². The van der Waals surface area contributed by atoms with E-state index in [1.807, 2.05) is 0 Å². The molecule has 1 amide bonds. The molecule has 0 aliphatic carbocycles. The SMILES string of the molecule is O=C(OCOc1cc([N+](=O)[O-])cc(C(F)(F)F)c1)N1CCC1. The molecular weight excluding hydrogens is 309 g/mol. The molecule has 10 heteroatoms. The Labute approximate surface area is 122 Å². The zero-order chi connectivity index (χ0) is 16.3. The summed E-state index contributed by atoms with van der Waals surface area (Å²) in [4.78, 5) is 22.4. The lowest BCUT2D eigenvalue weighted by Gasteiger charge is -2.29. The summed E-state index contributed by atoms with van der Waals surface area (Å²) in [6.45, 7) is 0.468. The molecule has 0 spiro atoms. The summed E-state index contributed by atoms with van der Waals surface area (Å²) in [5, 5.41) is 10.6. The molecule has 22 heavy (non-hydrogen) atoms. The van der Waals surface area contributed by atoms with Gasteiger partial charge in [-0.15, -0.1) is 0 Å². The highest BCUT2D eigenvalue weighted by Crippen LogP contribution is 2.34. The molecule has 0 bridgehead atoms. The average Bonchev–Trinajstić information content (AvgIpc) is 2.35. The van der Waals surface area contributed by atoms with Crippen molar-refractivity contribution in [1.82, 2.24) is 4.90 Å². The first-order valence-corrected chi connectivity index (χ1v) is 6.18. The molecular formula is C12H11F3N2O5. The van der Waals surface area contributed by atoms with Crippen LogP contribution in [0.1, 0.15) is 12.0 Å². The molecule has 0 saturated carbocycles. The summed E-state index contributed by atoms with van der Waals surface area (Å²) in [5.41, 5.74) is -1.98. The van der Waals surface area contributed by atoms with E-state index in [-0.39, 0.29) is 0 Å². The van der Waals surface area contributed by atoms with E-state index in [0.717, 1.165) is 12.5 Å². The van der Waals surface area contributed by atoms with Crippen LogP contribution in [0.4, 0.5) is 23.7 Å². The van der Waals surface area contributed by atoms with Crippen LogP contribution >= 0.6 is 0 Å². The van der Waals surface area contributed by atoms with Crippen LogP contribution in [-0.2, 0) is 10.9 Å². The number of likely N-dealkylation sites (tertiary alicyclic amines) is 1. The predicted molar refractivity (Wildman–Crippen MR) is 66.3 cm³/mol. The number of hydrogen-bond acceptors (Lipinski definition) is 5. The number of halogens is 3. The van der Waals surface area contributed by atoms with Gasteiger partial charge in [0, 0.05) is 19.2 Å². The van der Waals surface area contributed by atoms with Gasteiger partial charge in [0.1, 0.15) is 5.75 Å². The van der Waals surface area contributed by atoms with Crippen molar-refractivity contribution in [1.29, 1.82) is 0 Å². The van der Waals surface area contributed by atoms with Crippen LogP contribution in [0.5, 0.6) is 5.75 Å². The van der Waals surface area contributed by atoms with Crippen LogP contribution in [-0.4, -0.2) is 35.8 Å². The maximum absolute atomic E-state index is 12.7. The molecule has 120 valence electrons. The Hall–Kier alpha value is -2.52. The number of hydrogen-bond donors (Lipinski definition) is 0. The Morgan fingerprint density at radius 2 is 2.00 bits per heavy atom. The quantitative estimate of drug-likeness (QED) is 0.484. The number of rotatable bonds is 4. The van der Waals surface area contributed by atoms with Crippen molar-refractivity contribution in [2.75, 3.05) is 19.9 Å². The first-order valence-electron chi connectivity index (χ1n) is 6.18. The zero-order valence-electron chi connectivity index (χ0n) is 11.1. The summed E-state index contributed by atoms with van der Waals surface area (Å²) in [6, 6.07) is 1.83. The molecule has 1 aromatic carbocycles. The fraction of sp³-hybridized carbons (Fsp3) is 0.417. The van der Waals surface area contributed by atoms with Gasteiger partial charge in [0.15, 0.2) is 0 Å². The number of ether oxygens (including phenoxy) is 2. The minimum Gasteiger partial charge on any atom is -0.457 e. The Balaban J connectivity index is 2.04. The molecule has 1 heterocycles. The van der Waals surface area contributed by atoms with Crippen LogP contribution < -0.4 is 4.74 Å². The van der Waals surface area contributed by atoms with E-state index in [9.17, 15) is 28.1 Å². The van der Waals surface area contributed by atoms with E-state index >= 15 is 0 Å². The van der Waals surface area contributed by atoms with Crippen molar-refractivity contribution in [3.8, 4) is 5.75 Å². The first-order chi connectivity index (χ1) is 10.3. The number of carbonyl (C=O) groups excluding carboxylic acids is 1. The Kier molecular flexibility index (Phi) is 4.38. The third-order valence-electron chi connectivity index (χ3n) is 2.95. The predicted octanol–water partition coefficient (Wildman–Crippen LogP) is 2.79. The molecule has 0 unspecified atom stereocenters. The highest BCUT2D eigenvalue weighted by atomic mass is 19.4. The molecule has 1 fully saturated rings. The highest BCUT2D eigenvalue weighted by Gasteiger charge is 2.33. The molecule has 1 saturated heterocycles. The van der Waals surface area contributed by atoms with E-state index < -0.39 is 41.0 Å². The van der Waals surface area contributed by atoms with Gasteiger partial charge in [-0.2, -0.15) is 13.2 Å². The van der Waals surface area contributed by atoms with Crippen molar-refractivity contribution in [3.05, 3.63) is 33.9 Å². The Morgan fingerprint density at radius 1 is 1.32 bits per heavy atom. The normalized spacial score (nSPS) is 14.2. The number of amides is 1. The van der Waals surface area contributed by atoms with Crippen molar-refractivity contribution >= 4 is 11.8 Å². The lowest BCUT2D eigenvalue weighted by atomic mass is 10.2. The molecule has 0 radical (unpaired) electrons. The number of carbonyl (C=O) groups is 1. The van der Waals surface area contributed by atoms with E-state index in [2.05, 4.69) is 4.74 Å². The molecule has 2 rings (SSSR count). The lowest BCUT2D eigenvalue weighted by molar-refractivity contribution is -0.385. The number of alkyl halides is 3. The average molecular weight is 320 g/mol. The number of nitro groups is 1. The largest absolute Gasteiger partial charge is 0.457 e. The smallest absolute Gasteiger partial charge is 0.416 e. The standard InChI is InChI=1S/C12H11F3N2O5/c13-12(14,15)8-4-9(17(19)20)6-10(5-8)21-7-22-11(18)16-2-1-3-16/h4-6H,1-3,7H2. The second-order valence-corrected chi connectivity index (χ2v) is 4.48. The summed E-state index contributed by atoms with van der Waals surface area (Å²) >= 11 is 0. The fourth-order valence-corrected chi connectivity index (χ4v) is 1.67. The van der Waals surface area contributed by atoms with Gasteiger partial charge in [0.25, 0.3) is 5.69 Å². The molecule has 1 aliphatic heterocycles. The lowest BCUT2D eigenvalue weighted by Crippen LogP contribution is -2.42. The third kappa shape index (κ3) is 3.77. The Morgan fingerprint density at radius 3 is 2.50 bits per heavy atom. The summed E-state index contributed by atoms with van der Waals surface area (Å²) in [5.74, 6) is -0.405. The van der Waals surface area contributed by atoms with Gasteiger partial charge in [-0.05, 0) is 12.5 Å². The van der Waals surface area contributed by atoms with Gasteiger partial charge in [0.05, 0.1) is 16.6 Å². The fourth-order valence-electron chi connectivity index (χ4n) is 1.67. The topological polar surface area (TPSA) is 81.9 Å². The van der Waals surface area contributed by atoms with Gasteiger partial charge in [-0.1, -0.05) is 0 Å². The number of nitrogens with zero attached hydrogens (tertiary/aromatic N) is 2. The van der Waals surface area contributed by atoms with Crippen molar-refractivity contribution in [2.45, 2.75) is 12.6 Å². The Bertz CT molecular complexity index is 587. The van der Waals surface area contributed by atoms with Crippen molar-refractivity contribution < 1.29 is 32.4 Å². The third-order valence-corrected chi connectivity index (χ3v) is 2.95. The van der Waals surface area contributed by atoms with Crippen LogP contribution in [0.25, 0.3) is 0 Å². The van der Waals surface area contributed by atoms with Crippen molar-refractivity contribution in [2.24, 2.45) is 0 Å². The van der Waals surface area contributed by atoms with Crippen molar-refractivity contribution in [3.63, 3.8) is 0 Å². The van der Waals surface area contributed by atoms with Crippen LogP contribution in [0.2, 0.25) is 0 Å². The minimum atomic E-state index is -4.75. The van der Waals surface area contributed by atoms with Crippen LogP contribution in [0, 0.1) is 10.1 Å². The summed E-state index contributed by atoms with van der Waals surface area (Å²) < 4.78 is 47.5. The van der Waals surface area contributed by atoms with Gasteiger partial charge < -0.3 is 14.4 Å².